The summed E-state index contributed by atoms with van der Waals surface area (Å²) in [6.45, 7) is 25.4. The van der Waals surface area contributed by atoms with Crippen LogP contribution in [-0.2, 0) is 71.9 Å². The van der Waals surface area contributed by atoms with Crippen molar-refractivity contribution < 1.29 is 50.9 Å². The lowest BCUT2D eigenvalue weighted by molar-refractivity contribution is -0.160. The van der Waals surface area contributed by atoms with Gasteiger partial charge in [-0.15, -0.1) is 19.7 Å². The Morgan fingerprint density at radius 3 is 1.09 bits per heavy atom. The van der Waals surface area contributed by atoms with E-state index in [1.54, 1.807) is 48.5 Å². The molecular weight excluding hydrogens is 1620 g/mol. The quantitative estimate of drug-likeness (QED) is 0.0348. The molecule has 8 heterocycles. The van der Waals surface area contributed by atoms with Crippen LogP contribution in [0.3, 0.4) is 0 Å². The van der Waals surface area contributed by atoms with Gasteiger partial charge in [-0.05, 0) is 296 Å². The summed E-state index contributed by atoms with van der Waals surface area (Å²) >= 11 is 0. The first-order chi connectivity index (χ1) is 62.2. The molecule has 4 saturated carbocycles. The van der Waals surface area contributed by atoms with Crippen LogP contribution < -0.4 is 0 Å². The summed E-state index contributed by atoms with van der Waals surface area (Å²) in [6.07, 6.45) is 46.1. The fraction of sp³-hybridized carbons (Fsp3) is 0.409. The van der Waals surface area contributed by atoms with Crippen molar-refractivity contribution in [2.24, 2.45) is 37.9 Å². The van der Waals surface area contributed by atoms with Crippen LogP contribution in [0, 0.1) is 61.2 Å². The lowest BCUT2D eigenvalue weighted by atomic mass is 9.53. The van der Waals surface area contributed by atoms with Crippen LogP contribution in [0.5, 0.6) is 0 Å². The molecule has 0 radical (unpaired) electrons. The van der Waals surface area contributed by atoms with Crippen LogP contribution in [0.15, 0.2) is 243 Å². The Morgan fingerprint density at radius 2 is 0.736 bits per heavy atom. The number of aromatic nitrogens is 8. The molecule has 4 aliphatic heterocycles. The molecule has 0 bridgehead atoms. The van der Waals surface area contributed by atoms with Crippen molar-refractivity contribution in [2.45, 2.75) is 243 Å². The second-order valence-corrected chi connectivity index (χ2v) is 40.0. The number of esters is 3. The van der Waals surface area contributed by atoms with Crippen LogP contribution in [0.4, 0.5) is 17.6 Å². The number of carbonyl (C=O) groups excluding carboxylic acids is 3. The summed E-state index contributed by atoms with van der Waals surface area (Å²) < 4.78 is 87.2. The zero-order valence-electron chi connectivity index (χ0n) is 75.1. The molecule has 6 aromatic carbocycles. The Morgan fingerprint density at radius 1 is 0.395 bits per heavy atom. The molecule has 8 aliphatic carbocycles. The Bertz CT molecular complexity index is 6100. The van der Waals surface area contributed by atoms with Gasteiger partial charge in [0.2, 0.25) is 0 Å². The predicted molar refractivity (Wildman–Crippen MR) is 494 cm³/mol. The third kappa shape index (κ3) is 14.5. The second kappa shape index (κ2) is 33.1. The Kier molecular flexibility index (Phi) is 22.3. The summed E-state index contributed by atoms with van der Waals surface area (Å²) in [5.74, 6) is -1.18. The maximum absolute atomic E-state index is 13.7. The lowest BCUT2D eigenvalue weighted by Crippen LogP contribution is -2.52. The van der Waals surface area contributed by atoms with Gasteiger partial charge in [-0.3, -0.25) is 14.4 Å². The summed E-state index contributed by atoms with van der Waals surface area (Å²) in [6, 6.07) is 47.7. The summed E-state index contributed by atoms with van der Waals surface area (Å²) in [4.78, 5) is 38.2. The van der Waals surface area contributed by atoms with E-state index < -0.39 is 16.6 Å². The van der Waals surface area contributed by atoms with Crippen LogP contribution >= 0.6 is 0 Å². The van der Waals surface area contributed by atoms with E-state index in [2.05, 4.69) is 168 Å². The van der Waals surface area contributed by atoms with Crippen molar-refractivity contribution in [3.05, 3.63) is 322 Å². The summed E-state index contributed by atoms with van der Waals surface area (Å²) in [7, 11) is 0. The van der Waals surface area contributed by atoms with Gasteiger partial charge in [-0.25, -0.2) is 36.3 Å². The Balaban J connectivity index is 0.000000114. The van der Waals surface area contributed by atoms with Gasteiger partial charge in [0.15, 0.2) is 0 Å². The number of benzene rings is 6. The van der Waals surface area contributed by atoms with Crippen molar-refractivity contribution in [2.75, 3.05) is 0 Å². The van der Waals surface area contributed by atoms with Gasteiger partial charge in [0.1, 0.15) is 40.1 Å². The molecule has 4 aromatic heterocycles. The number of hydrogen-bond acceptors (Lipinski definition) is 11. The standard InChI is InChI=1S/C38H39FN2O.C26H31FN2O2.C26H27FN2O2.C20H19FN2O2/c1-3-11-35-37(23-28-12-6-4-7-13-28,24-29-14-8-5-9-15-29)27-38(42-35)21-10-16-31-22-34-30(25-36(31,38)2)26-40-41(34)33-19-17-32(39)18-20-33;2*1-4-11-25(12-5-2)17-26(31-23(25)30)13-10-19-14-22-18(15-24(19,26)3)16-28-29(22)21-8-6-20(27)7-9-21;1-19-11-13-12-22-23(16-4-2-15(21)3-5-16)17(13)10-14(19)6-8-20(19)9-7-18(24)25-20/h3-9,12-15,17-20,22,26,35H,1,10-11,16,21,23-25,27H2,2H3;6-9,14,16H,4-5,10-13,15,17H2,1-3H3;4-9,14,16H,1-2,10-13,15,17H2,3H3;2-5,10,12H,6-9,11H2,1H3/t35?,36-,38+;2*24-,26+;19-,20+/m0000/s1. The van der Waals surface area contributed by atoms with Gasteiger partial charge in [-0.2, -0.15) is 20.4 Å². The minimum absolute atomic E-state index is 0.0199. The second-order valence-electron chi connectivity index (χ2n) is 40.0. The minimum Gasteiger partial charge on any atom is -0.458 e. The molecule has 4 saturated heterocycles. The van der Waals surface area contributed by atoms with Crippen LogP contribution in [0.2, 0.25) is 0 Å². The minimum atomic E-state index is -0.569. The number of halogens is 4. The number of fused-ring (bicyclic) bond motifs is 12. The van der Waals surface area contributed by atoms with E-state index in [0.717, 1.165) is 210 Å². The average molecular weight is 1740 g/mol. The summed E-state index contributed by atoms with van der Waals surface area (Å²) in [5.41, 5.74) is 17.3. The monoisotopic (exact) mass is 1740 g/mol. The fourth-order valence-corrected chi connectivity index (χ4v) is 25.9. The molecule has 129 heavy (non-hydrogen) atoms. The molecule has 19 heteroatoms. The van der Waals surface area contributed by atoms with Crippen molar-refractivity contribution in [3.63, 3.8) is 0 Å². The molecule has 0 N–H and O–H groups in total. The maximum atomic E-state index is 13.7. The molecule has 22 rings (SSSR count). The van der Waals surface area contributed by atoms with Crippen LogP contribution in [0.1, 0.15) is 233 Å². The topological polar surface area (TPSA) is 159 Å². The largest absolute Gasteiger partial charge is 0.458 e. The van der Waals surface area contributed by atoms with E-state index in [-0.39, 0.29) is 91.0 Å². The molecule has 8 fully saturated rings. The molecule has 15 nitrogen and oxygen atoms in total. The first kappa shape index (κ1) is 86.8. The van der Waals surface area contributed by atoms with E-state index >= 15 is 0 Å². The van der Waals surface area contributed by atoms with Gasteiger partial charge >= 0.3 is 17.9 Å². The van der Waals surface area contributed by atoms with Gasteiger partial charge < -0.3 is 18.9 Å². The summed E-state index contributed by atoms with van der Waals surface area (Å²) in [5, 5.41) is 18.5. The van der Waals surface area contributed by atoms with E-state index in [0.29, 0.717) is 25.7 Å². The number of rotatable bonds is 18. The molecule has 12 aliphatic rings. The Hall–Kier alpha value is -11.6. The van der Waals surface area contributed by atoms with Gasteiger partial charge in [0.25, 0.3) is 0 Å². The molecule has 0 amide bonds. The number of hydrogen-bond donors (Lipinski definition) is 0. The van der Waals surface area contributed by atoms with Crippen molar-refractivity contribution >= 4 is 42.2 Å². The van der Waals surface area contributed by atoms with Gasteiger partial charge in [0.05, 0.1) is 92.8 Å². The molecule has 9 atom stereocenters. The zero-order valence-corrected chi connectivity index (χ0v) is 75.1. The first-order valence-corrected chi connectivity index (χ1v) is 46.6. The lowest BCUT2D eigenvalue weighted by Gasteiger charge is -2.53. The first-order valence-electron chi connectivity index (χ1n) is 46.6. The van der Waals surface area contributed by atoms with Gasteiger partial charge in [0, 0.05) is 46.3 Å². The van der Waals surface area contributed by atoms with Crippen LogP contribution in [0.25, 0.3) is 47.1 Å². The van der Waals surface area contributed by atoms with Crippen molar-refractivity contribution in [3.8, 4) is 22.7 Å². The molecular formula is C110H116F4N8O7. The van der Waals surface area contributed by atoms with E-state index in [9.17, 15) is 31.9 Å². The molecule has 10 aromatic rings. The molecule has 4 spiro atoms. The number of carbonyl (C=O) groups is 3. The van der Waals surface area contributed by atoms with Crippen molar-refractivity contribution in [1.29, 1.82) is 0 Å². The van der Waals surface area contributed by atoms with Gasteiger partial charge in [-0.1, -0.05) is 156 Å². The maximum Gasteiger partial charge on any atom is 0.313 e. The van der Waals surface area contributed by atoms with E-state index in [4.69, 9.17) is 24.0 Å². The third-order valence-corrected chi connectivity index (χ3v) is 32.7. The van der Waals surface area contributed by atoms with Crippen molar-refractivity contribution in [1.82, 2.24) is 39.1 Å². The Labute approximate surface area is 754 Å². The smallest absolute Gasteiger partial charge is 0.313 e. The normalized spacial score (nSPS) is 27.9. The highest BCUT2D eigenvalue weighted by Crippen LogP contribution is 2.69. The number of ether oxygens (including phenoxy) is 4. The van der Waals surface area contributed by atoms with Crippen LogP contribution in [-0.4, -0.2) is 85.5 Å². The zero-order chi connectivity index (χ0) is 89.7. The molecule has 666 valence electrons. The SMILES string of the molecule is C=CCC1(CC=C)C[C@@]2(CCC3=Cc4c(cnn4-c4ccc(F)cc4)C[C@@]32C)OC1=O.C=CCC1O[C@]2(CCCC3=Cc4c(cnn4-c4ccc(F)cc4)C[C@@]32C)CC1(Cc1ccccc1)Cc1ccccc1.CCCC1(CCC)C[C@@]2(CCC3=Cc4c(cnn4-c4ccc(F)cc4)C[C@@]32C)OC1=O.C[C@]12Cc3cnn(-c4ccc(F)cc4)c3C=C1CC[C@@]21CCC(=O)O1. The number of allylic oxidation sites excluding steroid dienone is 2. The highest BCUT2D eigenvalue weighted by atomic mass is 19.1. The predicted octanol–water partition coefficient (Wildman–Crippen LogP) is 24.1. The fourth-order valence-electron chi connectivity index (χ4n) is 25.9. The average Bonchev–Trinajstić information content (AvgIpc) is 1.54. The third-order valence-electron chi connectivity index (χ3n) is 32.7. The van der Waals surface area contributed by atoms with E-state index in [1.165, 1.54) is 87.5 Å². The highest BCUT2D eigenvalue weighted by molar-refractivity contribution is 5.82. The number of nitrogens with zero attached hydrogens (tertiary/aromatic N) is 8. The van der Waals surface area contributed by atoms with E-state index in [1.807, 2.05) is 55.7 Å². The highest BCUT2D eigenvalue weighted by Gasteiger charge is 2.70. The molecule has 1 unspecified atom stereocenters.